The van der Waals surface area contributed by atoms with E-state index in [9.17, 15) is 14.7 Å². The van der Waals surface area contributed by atoms with E-state index in [1.807, 2.05) is 29.2 Å². The Bertz CT molecular complexity index is 907. The number of carboxylic acids is 1. The van der Waals surface area contributed by atoms with Crippen molar-refractivity contribution in [1.29, 1.82) is 0 Å². The monoisotopic (exact) mass is 367 g/mol. The van der Waals surface area contributed by atoms with E-state index >= 15 is 0 Å². The molecule has 1 amide bonds. The lowest BCUT2D eigenvalue weighted by Crippen LogP contribution is -2.43. The van der Waals surface area contributed by atoms with Crippen molar-refractivity contribution < 1.29 is 24.2 Å². The molecule has 0 saturated heterocycles. The van der Waals surface area contributed by atoms with Crippen LogP contribution in [-0.4, -0.2) is 42.1 Å². The number of carbonyl (C=O) groups is 2. The molecular formula is C21H21NO5. The molecule has 27 heavy (non-hydrogen) atoms. The van der Waals surface area contributed by atoms with Gasteiger partial charge in [-0.1, -0.05) is 6.07 Å². The largest absolute Gasteiger partial charge is 0.497 e. The first kappa shape index (κ1) is 17.4. The van der Waals surface area contributed by atoms with Crippen LogP contribution in [0.4, 0.5) is 0 Å². The van der Waals surface area contributed by atoms with Gasteiger partial charge in [-0.05, 0) is 59.9 Å². The van der Waals surface area contributed by atoms with Crippen molar-refractivity contribution in [3.63, 3.8) is 0 Å². The van der Waals surface area contributed by atoms with Crippen LogP contribution in [0.15, 0.2) is 36.4 Å². The maximum atomic E-state index is 13.0. The molecule has 1 N–H and O–H groups in total. The van der Waals surface area contributed by atoms with Gasteiger partial charge >= 0.3 is 5.97 Å². The van der Waals surface area contributed by atoms with Crippen LogP contribution < -0.4 is 9.47 Å². The number of aromatic carboxylic acids is 1. The summed E-state index contributed by atoms with van der Waals surface area (Å²) < 4.78 is 11.0. The van der Waals surface area contributed by atoms with Crippen molar-refractivity contribution >= 4 is 11.9 Å². The number of fused-ring (bicyclic) bond motifs is 2. The lowest BCUT2D eigenvalue weighted by atomic mass is 9.92. The smallest absolute Gasteiger partial charge is 0.335 e. The fourth-order valence-electron chi connectivity index (χ4n) is 3.79. The molecule has 2 heterocycles. The lowest BCUT2D eigenvalue weighted by molar-refractivity contribution is -0.137. The summed E-state index contributed by atoms with van der Waals surface area (Å²) in [5.74, 6) is 0.407. The SMILES string of the molecule is COc1ccc2c(c1)CC(C(=O)N1CCc3ccc(C(=O)O)cc3C1)CO2. The molecule has 2 aliphatic rings. The van der Waals surface area contributed by atoms with Crippen molar-refractivity contribution in [2.45, 2.75) is 19.4 Å². The van der Waals surface area contributed by atoms with Crippen molar-refractivity contribution in [3.8, 4) is 11.5 Å². The number of carbonyl (C=O) groups excluding carboxylic acids is 1. The highest BCUT2D eigenvalue weighted by Gasteiger charge is 2.31. The summed E-state index contributed by atoms with van der Waals surface area (Å²) in [5.41, 5.74) is 3.25. The zero-order valence-corrected chi connectivity index (χ0v) is 15.1. The van der Waals surface area contributed by atoms with Gasteiger partial charge in [0.2, 0.25) is 5.91 Å². The number of rotatable bonds is 3. The molecular weight excluding hydrogens is 346 g/mol. The molecule has 1 unspecified atom stereocenters. The topological polar surface area (TPSA) is 76.1 Å². The summed E-state index contributed by atoms with van der Waals surface area (Å²) in [5, 5.41) is 9.19. The van der Waals surface area contributed by atoms with Crippen LogP contribution in [0.1, 0.15) is 27.0 Å². The fraction of sp³-hybridized carbons (Fsp3) is 0.333. The first-order valence-electron chi connectivity index (χ1n) is 8.98. The zero-order valence-electron chi connectivity index (χ0n) is 15.1. The Morgan fingerprint density at radius 3 is 2.78 bits per heavy atom. The molecule has 6 nitrogen and oxygen atoms in total. The van der Waals surface area contributed by atoms with Gasteiger partial charge in [0.25, 0.3) is 0 Å². The Balaban J connectivity index is 1.50. The molecule has 0 bridgehead atoms. The molecule has 0 aromatic heterocycles. The molecule has 0 radical (unpaired) electrons. The van der Waals surface area contributed by atoms with Gasteiger partial charge in [0.15, 0.2) is 0 Å². The second kappa shape index (κ2) is 6.95. The normalized spacial score (nSPS) is 18.1. The van der Waals surface area contributed by atoms with Gasteiger partial charge in [0, 0.05) is 13.1 Å². The fourth-order valence-corrected chi connectivity index (χ4v) is 3.79. The minimum Gasteiger partial charge on any atom is -0.497 e. The van der Waals surface area contributed by atoms with Crippen molar-refractivity contribution in [1.82, 2.24) is 4.90 Å². The average Bonchev–Trinajstić information content (AvgIpc) is 2.71. The van der Waals surface area contributed by atoms with Gasteiger partial charge in [-0.15, -0.1) is 0 Å². The molecule has 2 aromatic rings. The molecule has 0 saturated carbocycles. The van der Waals surface area contributed by atoms with Gasteiger partial charge < -0.3 is 19.5 Å². The van der Waals surface area contributed by atoms with Crippen LogP contribution in [0.3, 0.4) is 0 Å². The molecule has 0 aliphatic carbocycles. The zero-order chi connectivity index (χ0) is 19.0. The first-order chi connectivity index (χ1) is 13.0. The number of ether oxygens (including phenoxy) is 2. The second-order valence-electron chi connectivity index (χ2n) is 6.98. The Morgan fingerprint density at radius 2 is 2.00 bits per heavy atom. The van der Waals surface area contributed by atoms with Crippen LogP contribution in [0.2, 0.25) is 0 Å². The minimum atomic E-state index is -0.951. The van der Waals surface area contributed by atoms with Crippen molar-refractivity contribution in [2.75, 3.05) is 20.3 Å². The quantitative estimate of drug-likeness (QED) is 0.902. The van der Waals surface area contributed by atoms with Gasteiger partial charge in [-0.2, -0.15) is 0 Å². The number of benzene rings is 2. The Labute approximate surface area is 157 Å². The number of carboxylic acid groups (broad SMARTS) is 1. The molecule has 0 fully saturated rings. The number of hydrogen-bond acceptors (Lipinski definition) is 4. The highest BCUT2D eigenvalue weighted by Crippen LogP contribution is 2.32. The van der Waals surface area contributed by atoms with Gasteiger partial charge in [0.05, 0.1) is 18.6 Å². The van der Waals surface area contributed by atoms with Crippen LogP contribution in [0, 0.1) is 5.92 Å². The van der Waals surface area contributed by atoms with E-state index in [2.05, 4.69) is 0 Å². The second-order valence-corrected chi connectivity index (χ2v) is 6.98. The van der Waals surface area contributed by atoms with Crippen LogP contribution in [0.5, 0.6) is 11.5 Å². The van der Waals surface area contributed by atoms with Crippen molar-refractivity contribution in [3.05, 3.63) is 58.7 Å². The maximum Gasteiger partial charge on any atom is 0.335 e. The van der Waals surface area contributed by atoms with Crippen LogP contribution in [0.25, 0.3) is 0 Å². The number of amides is 1. The summed E-state index contributed by atoms with van der Waals surface area (Å²) in [6.07, 6.45) is 1.35. The molecule has 140 valence electrons. The van der Waals surface area contributed by atoms with Crippen molar-refractivity contribution in [2.24, 2.45) is 5.92 Å². The lowest BCUT2D eigenvalue weighted by Gasteiger charge is -2.33. The van der Waals surface area contributed by atoms with Crippen LogP contribution in [-0.2, 0) is 24.2 Å². The third-order valence-corrected chi connectivity index (χ3v) is 5.30. The minimum absolute atomic E-state index is 0.0508. The highest BCUT2D eigenvalue weighted by molar-refractivity contribution is 5.88. The highest BCUT2D eigenvalue weighted by atomic mass is 16.5. The predicted octanol–water partition coefficient (Wildman–Crippen LogP) is 2.53. The van der Waals surface area contributed by atoms with Gasteiger partial charge in [0.1, 0.15) is 18.1 Å². The maximum absolute atomic E-state index is 13.0. The predicted molar refractivity (Wildman–Crippen MR) is 98.2 cm³/mol. The molecule has 1 atom stereocenters. The van der Waals surface area contributed by atoms with E-state index in [0.717, 1.165) is 34.6 Å². The molecule has 4 rings (SSSR count). The summed E-state index contributed by atoms with van der Waals surface area (Å²) in [6.45, 7) is 1.44. The summed E-state index contributed by atoms with van der Waals surface area (Å²) in [7, 11) is 1.62. The van der Waals surface area contributed by atoms with E-state index < -0.39 is 5.97 Å². The molecule has 2 aromatic carbocycles. The Hall–Kier alpha value is -3.02. The van der Waals surface area contributed by atoms with E-state index in [1.165, 1.54) is 0 Å². The third-order valence-electron chi connectivity index (χ3n) is 5.30. The van der Waals surface area contributed by atoms with E-state index in [4.69, 9.17) is 9.47 Å². The number of nitrogens with zero attached hydrogens (tertiary/aromatic N) is 1. The number of hydrogen-bond donors (Lipinski definition) is 1. The Kier molecular flexibility index (Phi) is 4.48. The molecule has 0 spiro atoms. The van der Waals surface area contributed by atoms with E-state index in [1.54, 1.807) is 19.2 Å². The van der Waals surface area contributed by atoms with Crippen LogP contribution >= 0.6 is 0 Å². The summed E-state index contributed by atoms with van der Waals surface area (Å²) in [6, 6.07) is 10.8. The summed E-state index contributed by atoms with van der Waals surface area (Å²) >= 11 is 0. The number of methoxy groups -OCH3 is 1. The van der Waals surface area contributed by atoms with Gasteiger partial charge in [-0.3, -0.25) is 4.79 Å². The Morgan fingerprint density at radius 1 is 1.15 bits per heavy atom. The molecule has 6 heteroatoms. The van der Waals surface area contributed by atoms with Gasteiger partial charge in [-0.25, -0.2) is 4.79 Å². The average molecular weight is 367 g/mol. The van der Waals surface area contributed by atoms with E-state index in [0.29, 0.717) is 26.1 Å². The standard InChI is InChI=1S/C21H21NO5/c1-26-18-4-5-19-15(10-18)9-17(12-27-19)20(23)22-7-6-13-2-3-14(21(24)25)8-16(13)11-22/h2-5,8,10,17H,6-7,9,11-12H2,1H3,(H,24,25). The third kappa shape index (κ3) is 3.35. The molecule has 2 aliphatic heterocycles. The first-order valence-corrected chi connectivity index (χ1v) is 8.98. The van der Waals surface area contributed by atoms with E-state index in [-0.39, 0.29) is 17.4 Å². The summed E-state index contributed by atoms with van der Waals surface area (Å²) in [4.78, 5) is 26.1.